The van der Waals surface area contributed by atoms with Crippen LogP contribution in [0.25, 0.3) is 0 Å². The molecule has 8 heteroatoms. The number of carbonyl (C=O) groups is 2. The Morgan fingerprint density at radius 1 is 1.36 bits per heavy atom. The number of aromatic nitrogens is 2. The Labute approximate surface area is 130 Å². The maximum atomic E-state index is 11.7. The summed E-state index contributed by atoms with van der Waals surface area (Å²) < 4.78 is 10.1. The number of amides is 2. The molecule has 2 amide bonds. The van der Waals surface area contributed by atoms with Crippen LogP contribution in [0.1, 0.15) is 38.9 Å². The van der Waals surface area contributed by atoms with Crippen LogP contribution in [0.15, 0.2) is 4.52 Å². The molecule has 22 heavy (non-hydrogen) atoms. The van der Waals surface area contributed by atoms with Gasteiger partial charge in [0.25, 0.3) is 0 Å². The molecule has 0 aliphatic rings. The van der Waals surface area contributed by atoms with Crippen LogP contribution in [0, 0.1) is 6.92 Å². The number of aryl methyl sites for hydroxylation is 2. The number of nitrogens with zero attached hydrogens (tertiary/aromatic N) is 3. The van der Waals surface area contributed by atoms with Gasteiger partial charge in [0.1, 0.15) is 12.1 Å². The van der Waals surface area contributed by atoms with Crippen molar-refractivity contribution in [3.05, 3.63) is 11.7 Å². The average molecular weight is 312 g/mol. The Hall–Kier alpha value is -2.12. The van der Waals surface area contributed by atoms with Crippen molar-refractivity contribution in [1.82, 2.24) is 20.4 Å². The van der Waals surface area contributed by atoms with E-state index in [4.69, 9.17) is 9.26 Å². The molecular weight excluding hydrogens is 288 g/mol. The molecular formula is C14H24N4O4. The van der Waals surface area contributed by atoms with E-state index in [-0.39, 0.29) is 12.5 Å². The highest BCUT2D eigenvalue weighted by Gasteiger charge is 2.20. The predicted molar refractivity (Wildman–Crippen MR) is 79.2 cm³/mol. The highest BCUT2D eigenvalue weighted by Crippen LogP contribution is 2.08. The monoisotopic (exact) mass is 312 g/mol. The Kier molecular flexibility index (Phi) is 6.33. The van der Waals surface area contributed by atoms with E-state index in [1.54, 1.807) is 27.7 Å². The van der Waals surface area contributed by atoms with E-state index in [0.717, 1.165) is 0 Å². The number of likely N-dealkylation sites (N-methyl/N-ethyl adjacent to an activating group) is 1. The lowest BCUT2D eigenvalue weighted by Crippen LogP contribution is -2.41. The first-order chi connectivity index (χ1) is 10.2. The van der Waals surface area contributed by atoms with E-state index in [2.05, 4.69) is 15.5 Å². The zero-order valence-corrected chi connectivity index (χ0v) is 13.8. The van der Waals surface area contributed by atoms with Crippen molar-refractivity contribution in [2.75, 3.05) is 20.1 Å². The summed E-state index contributed by atoms with van der Waals surface area (Å²) in [6.07, 6.45) is 0.760. The van der Waals surface area contributed by atoms with Crippen molar-refractivity contribution < 1.29 is 18.8 Å². The van der Waals surface area contributed by atoms with Crippen LogP contribution in [0.2, 0.25) is 0 Å². The smallest absolute Gasteiger partial charge is 0.410 e. The van der Waals surface area contributed by atoms with Gasteiger partial charge in [-0.2, -0.15) is 4.98 Å². The molecule has 0 unspecified atom stereocenters. The summed E-state index contributed by atoms with van der Waals surface area (Å²) in [5, 5.41) is 6.42. The summed E-state index contributed by atoms with van der Waals surface area (Å²) in [7, 11) is 1.52. The molecule has 0 spiro atoms. The molecule has 1 heterocycles. The number of hydrogen-bond acceptors (Lipinski definition) is 6. The van der Waals surface area contributed by atoms with Gasteiger partial charge in [-0.1, -0.05) is 5.16 Å². The summed E-state index contributed by atoms with van der Waals surface area (Å²) in [6.45, 7) is 7.51. The lowest BCUT2D eigenvalue weighted by Gasteiger charge is -2.24. The Morgan fingerprint density at radius 3 is 2.59 bits per heavy atom. The van der Waals surface area contributed by atoms with Crippen molar-refractivity contribution in [2.45, 2.75) is 46.1 Å². The maximum absolute atomic E-state index is 11.7. The number of ether oxygens (including phenoxy) is 1. The zero-order chi connectivity index (χ0) is 16.8. The molecule has 0 radical (unpaired) electrons. The average Bonchev–Trinajstić information content (AvgIpc) is 2.78. The molecule has 8 nitrogen and oxygen atoms in total. The van der Waals surface area contributed by atoms with Gasteiger partial charge in [-0.05, 0) is 34.1 Å². The molecule has 0 aliphatic carbocycles. The number of nitrogens with one attached hydrogen (secondary N) is 1. The normalized spacial score (nSPS) is 11.1. The summed E-state index contributed by atoms with van der Waals surface area (Å²) in [6, 6.07) is 0. The van der Waals surface area contributed by atoms with Gasteiger partial charge in [0, 0.05) is 20.0 Å². The Morgan fingerprint density at radius 2 is 2.05 bits per heavy atom. The predicted octanol–water partition coefficient (Wildman–Crippen LogP) is 1.29. The van der Waals surface area contributed by atoms with E-state index >= 15 is 0 Å². The van der Waals surface area contributed by atoms with Crippen LogP contribution in [0.3, 0.4) is 0 Å². The second-order valence-corrected chi connectivity index (χ2v) is 6.03. The number of hydrogen-bond donors (Lipinski definition) is 1. The van der Waals surface area contributed by atoms with Crippen LogP contribution in [0.5, 0.6) is 0 Å². The van der Waals surface area contributed by atoms with Gasteiger partial charge < -0.3 is 19.5 Å². The van der Waals surface area contributed by atoms with Crippen LogP contribution < -0.4 is 5.32 Å². The summed E-state index contributed by atoms with van der Waals surface area (Å²) in [5.41, 5.74) is -0.579. The van der Waals surface area contributed by atoms with Gasteiger partial charge in [-0.25, -0.2) is 4.79 Å². The second-order valence-electron chi connectivity index (χ2n) is 6.03. The SMILES string of the molecule is Cc1noc(CCCNC(=O)CN(C)C(=O)OC(C)(C)C)n1. The molecule has 124 valence electrons. The lowest BCUT2D eigenvalue weighted by atomic mass is 10.2. The summed E-state index contributed by atoms with van der Waals surface area (Å²) in [4.78, 5) is 28.7. The van der Waals surface area contributed by atoms with E-state index in [1.807, 2.05) is 0 Å². The van der Waals surface area contributed by atoms with Crippen LogP contribution in [0.4, 0.5) is 4.79 Å². The van der Waals surface area contributed by atoms with Crippen molar-refractivity contribution >= 4 is 12.0 Å². The molecule has 0 saturated heterocycles. The minimum absolute atomic E-state index is 0.0470. The molecule has 0 atom stereocenters. The minimum atomic E-state index is -0.579. The van der Waals surface area contributed by atoms with Gasteiger partial charge >= 0.3 is 6.09 Å². The largest absolute Gasteiger partial charge is 0.444 e. The van der Waals surface area contributed by atoms with Crippen molar-refractivity contribution in [1.29, 1.82) is 0 Å². The quantitative estimate of drug-likeness (QED) is 0.795. The van der Waals surface area contributed by atoms with Gasteiger partial charge in [0.15, 0.2) is 5.82 Å². The van der Waals surface area contributed by atoms with Crippen molar-refractivity contribution in [3.8, 4) is 0 Å². The van der Waals surface area contributed by atoms with Gasteiger partial charge in [0.2, 0.25) is 11.8 Å². The highest BCUT2D eigenvalue weighted by atomic mass is 16.6. The van der Waals surface area contributed by atoms with E-state index in [1.165, 1.54) is 11.9 Å². The zero-order valence-electron chi connectivity index (χ0n) is 13.8. The standard InChI is InChI=1S/C14H24N4O4/c1-10-16-12(22-17-10)7-6-8-15-11(19)9-18(5)13(20)21-14(2,3)4/h6-9H2,1-5H3,(H,15,19). The Bertz CT molecular complexity index is 507. The molecule has 0 aromatic carbocycles. The molecule has 1 aromatic rings. The fraction of sp³-hybridized carbons (Fsp3) is 0.714. The van der Waals surface area contributed by atoms with Crippen molar-refractivity contribution in [3.63, 3.8) is 0 Å². The third kappa shape index (κ3) is 7.05. The minimum Gasteiger partial charge on any atom is -0.444 e. The second kappa shape index (κ2) is 7.77. The number of rotatable bonds is 6. The Balaban J connectivity index is 2.21. The summed E-state index contributed by atoms with van der Waals surface area (Å²) in [5.74, 6) is 0.908. The van der Waals surface area contributed by atoms with Crippen LogP contribution in [-0.2, 0) is 16.0 Å². The lowest BCUT2D eigenvalue weighted by molar-refractivity contribution is -0.122. The van der Waals surface area contributed by atoms with E-state index in [9.17, 15) is 9.59 Å². The van der Waals surface area contributed by atoms with Crippen LogP contribution >= 0.6 is 0 Å². The highest BCUT2D eigenvalue weighted by molar-refractivity contribution is 5.82. The third-order valence-electron chi connectivity index (χ3n) is 2.55. The molecule has 0 saturated carbocycles. The molecule has 1 rings (SSSR count). The van der Waals surface area contributed by atoms with Crippen molar-refractivity contribution in [2.24, 2.45) is 0 Å². The van der Waals surface area contributed by atoms with E-state index < -0.39 is 11.7 Å². The first-order valence-corrected chi connectivity index (χ1v) is 7.17. The van der Waals surface area contributed by atoms with E-state index in [0.29, 0.717) is 31.1 Å². The molecule has 1 aromatic heterocycles. The number of carbonyl (C=O) groups excluding carboxylic acids is 2. The molecule has 0 bridgehead atoms. The fourth-order valence-electron chi connectivity index (χ4n) is 1.58. The first kappa shape index (κ1) is 17.9. The maximum Gasteiger partial charge on any atom is 0.410 e. The van der Waals surface area contributed by atoms with Gasteiger partial charge in [0.05, 0.1) is 0 Å². The fourth-order valence-corrected chi connectivity index (χ4v) is 1.58. The third-order valence-corrected chi connectivity index (χ3v) is 2.55. The van der Waals surface area contributed by atoms with Gasteiger partial charge in [-0.15, -0.1) is 0 Å². The molecule has 0 aliphatic heterocycles. The topological polar surface area (TPSA) is 97.6 Å². The molecule has 0 fully saturated rings. The van der Waals surface area contributed by atoms with Crippen LogP contribution in [-0.4, -0.2) is 52.8 Å². The summed E-state index contributed by atoms with van der Waals surface area (Å²) >= 11 is 0. The van der Waals surface area contributed by atoms with Gasteiger partial charge in [-0.3, -0.25) is 4.79 Å². The molecule has 1 N–H and O–H groups in total. The first-order valence-electron chi connectivity index (χ1n) is 7.17.